The lowest BCUT2D eigenvalue weighted by molar-refractivity contribution is -0.0304. The molecule has 0 amide bonds. The lowest BCUT2D eigenvalue weighted by atomic mass is 9.53. The highest BCUT2D eigenvalue weighted by Gasteiger charge is 2.70. The van der Waals surface area contributed by atoms with E-state index >= 15 is 0 Å². The van der Waals surface area contributed by atoms with E-state index in [0.717, 1.165) is 76.4 Å². The van der Waals surface area contributed by atoms with Crippen LogP contribution in [0.5, 0.6) is 0 Å². The molecule has 1 spiro atoms. The van der Waals surface area contributed by atoms with E-state index in [1.165, 1.54) is 6.42 Å². The molecular weight excluding hydrogens is 396 g/mol. The number of fused-ring (bicyclic) bond motifs is 11. The topological polar surface area (TPSA) is 0 Å². The van der Waals surface area contributed by atoms with Gasteiger partial charge in [-0.05, 0) is 146 Å². The van der Waals surface area contributed by atoms with Gasteiger partial charge in [0.2, 0.25) is 0 Å². The van der Waals surface area contributed by atoms with E-state index in [1.807, 2.05) is 0 Å². The van der Waals surface area contributed by atoms with Gasteiger partial charge in [0.15, 0.2) is 0 Å². The van der Waals surface area contributed by atoms with Gasteiger partial charge in [-0.2, -0.15) is 0 Å². The molecular formula is C33H54. The second-order valence-corrected chi connectivity index (χ2v) is 15.9. The van der Waals surface area contributed by atoms with Crippen molar-refractivity contribution in [1.82, 2.24) is 0 Å². The molecule has 0 aromatic rings. The van der Waals surface area contributed by atoms with E-state index in [2.05, 4.69) is 27.7 Å². The van der Waals surface area contributed by atoms with Crippen LogP contribution in [0.3, 0.4) is 0 Å². The largest absolute Gasteiger partial charge is 0.0625 e. The lowest BCUT2D eigenvalue weighted by Gasteiger charge is -2.52. The SMILES string of the molecule is CC1CC(C)CC2(C1)C1CCCCC1C1C3C4CCC5CCCCC5C4C(C)(C)C3CCC12. The molecule has 12 unspecified atom stereocenters. The molecule has 0 aromatic heterocycles. The highest BCUT2D eigenvalue weighted by atomic mass is 14.7. The van der Waals surface area contributed by atoms with Gasteiger partial charge in [0.1, 0.15) is 0 Å². The van der Waals surface area contributed by atoms with Crippen molar-refractivity contribution in [3.63, 3.8) is 0 Å². The molecule has 7 saturated carbocycles. The van der Waals surface area contributed by atoms with Crippen molar-refractivity contribution in [2.24, 2.45) is 81.8 Å². The van der Waals surface area contributed by atoms with Crippen LogP contribution in [0.25, 0.3) is 0 Å². The third-order valence-electron chi connectivity index (χ3n) is 14.3. The third-order valence-corrected chi connectivity index (χ3v) is 14.3. The van der Waals surface area contributed by atoms with Crippen LogP contribution in [-0.2, 0) is 0 Å². The zero-order chi connectivity index (χ0) is 22.5. The van der Waals surface area contributed by atoms with Crippen LogP contribution < -0.4 is 0 Å². The van der Waals surface area contributed by atoms with Crippen molar-refractivity contribution in [2.45, 2.75) is 124 Å². The quantitative estimate of drug-likeness (QED) is 0.345. The fourth-order valence-electron chi connectivity index (χ4n) is 14.2. The van der Waals surface area contributed by atoms with Crippen molar-refractivity contribution in [3.05, 3.63) is 0 Å². The van der Waals surface area contributed by atoms with E-state index in [1.54, 1.807) is 89.9 Å². The molecule has 7 rings (SSSR count). The minimum absolute atomic E-state index is 0.619. The van der Waals surface area contributed by atoms with Crippen molar-refractivity contribution >= 4 is 0 Å². The van der Waals surface area contributed by atoms with Crippen molar-refractivity contribution in [2.75, 3.05) is 0 Å². The van der Waals surface area contributed by atoms with E-state index in [-0.39, 0.29) is 0 Å². The van der Waals surface area contributed by atoms with Crippen LogP contribution in [0.1, 0.15) is 124 Å². The van der Waals surface area contributed by atoms with Gasteiger partial charge < -0.3 is 0 Å². The van der Waals surface area contributed by atoms with Crippen LogP contribution in [-0.4, -0.2) is 0 Å². The van der Waals surface area contributed by atoms with Crippen LogP contribution in [0, 0.1) is 81.8 Å². The summed E-state index contributed by atoms with van der Waals surface area (Å²) in [5.74, 6) is 13.0. The first-order valence-electron chi connectivity index (χ1n) is 15.9. The molecule has 0 heterocycles. The first kappa shape index (κ1) is 22.2. The lowest BCUT2D eigenvalue weighted by Crippen LogP contribution is -2.44. The average molecular weight is 451 g/mol. The molecule has 0 nitrogen and oxygen atoms in total. The molecule has 0 N–H and O–H groups in total. The van der Waals surface area contributed by atoms with Gasteiger partial charge >= 0.3 is 0 Å². The molecule has 0 bridgehead atoms. The van der Waals surface area contributed by atoms with Crippen molar-refractivity contribution < 1.29 is 0 Å². The smallest absolute Gasteiger partial charge is 0.0230 e. The van der Waals surface area contributed by atoms with Gasteiger partial charge in [-0.3, -0.25) is 0 Å². The Labute approximate surface area is 205 Å². The van der Waals surface area contributed by atoms with Gasteiger partial charge in [0, 0.05) is 0 Å². The molecule has 33 heavy (non-hydrogen) atoms. The van der Waals surface area contributed by atoms with E-state index < -0.39 is 0 Å². The highest BCUT2D eigenvalue weighted by Crippen LogP contribution is 2.76. The Hall–Kier alpha value is 0. The summed E-state index contributed by atoms with van der Waals surface area (Å²) in [6, 6.07) is 0. The molecule has 0 aliphatic heterocycles. The van der Waals surface area contributed by atoms with E-state index in [0.29, 0.717) is 5.41 Å². The highest BCUT2D eigenvalue weighted by molar-refractivity contribution is 5.18. The fraction of sp³-hybridized carbons (Fsp3) is 1.00. The second-order valence-electron chi connectivity index (χ2n) is 15.9. The van der Waals surface area contributed by atoms with Gasteiger partial charge in [-0.15, -0.1) is 0 Å². The van der Waals surface area contributed by atoms with Crippen molar-refractivity contribution in [1.29, 1.82) is 0 Å². The summed E-state index contributed by atoms with van der Waals surface area (Å²) in [5, 5.41) is 0. The second kappa shape index (κ2) is 7.75. The monoisotopic (exact) mass is 450 g/mol. The summed E-state index contributed by atoms with van der Waals surface area (Å²) in [6.45, 7) is 10.8. The molecule has 7 fully saturated rings. The van der Waals surface area contributed by atoms with Crippen LogP contribution in [0.4, 0.5) is 0 Å². The molecule has 12 atom stereocenters. The maximum atomic E-state index is 2.79. The maximum absolute atomic E-state index is 2.79. The first-order valence-corrected chi connectivity index (χ1v) is 15.9. The molecule has 0 heteroatoms. The fourth-order valence-corrected chi connectivity index (χ4v) is 14.2. The Morgan fingerprint density at radius 3 is 1.97 bits per heavy atom. The Bertz CT molecular complexity index is 737. The van der Waals surface area contributed by atoms with Crippen LogP contribution in [0.15, 0.2) is 0 Å². The molecule has 186 valence electrons. The molecule has 0 radical (unpaired) electrons. The molecule has 0 saturated heterocycles. The minimum Gasteiger partial charge on any atom is -0.0625 e. The summed E-state index contributed by atoms with van der Waals surface area (Å²) in [5.41, 5.74) is 1.37. The van der Waals surface area contributed by atoms with Crippen molar-refractivity contribution in [3.8, 4) is 0 Å². The first-order chi connectivity index (χ1) is 15.9. The number of hydrogen-bond donors (Lipinski definition) is 0. The third kappa shape index (κ3) is 3.00. The summed E-state index contributed by atoms with van der Waals surface area (Å²) < 4.78 is 0. The Morgan fingerprint density at radius 1 is 0.545 bits per heavy atom. The summed E-state index contributed by atoms with van der Waals surface area (Å²) in [7, 11) is 0. The summed E-state index contributed by atoms with van der Waals surface area (Å²) >= 11 is 0. The Balaban J connectivity index is 1.29. The van der Waals surface area contributed by atoms with Gasteiger partial charge in [-0.1, -0.05) is 59.8 Å². The standard InChI is InChI=1S/C33H54/c1-20-17-21(2)19-33(18-20)26-12-8-7-11-24(26)29-28(33)16-15-27-30(29)25-14-13-22-9-5-6-10-23(22)31(25)32(27,3)4/h20-31H,5-19H2,1-4H3. The summed E-state index contributed by atoms with van der Waals surface area (Å²) in [4.78, 5) is 0. The summed E-state index contributed by atoms with van der Waals surface area (Å²) in [6.07, 6.45) is 23.8. The minimum atomic E-state index is 0.619. The Morgan fingerprint density at radius 2 is 1.18 bits per heavy atom. The zero-order valence-electron chi connectivity index (χ0n) is 22.5. The number of hydrogen-bond acceptors (Lipinski definition) is 0. The predicted octanol–water partition coefficient (Wildman–Crippen LogP) is 9.38. The van der Waals surface area contributed by atoms with E-state index in [9.17, 15) is 0 Å². The number of rotatable bonds is 0. The van der Waals surface area contributed by atoms with E-state index in [4.69, 9.17) is 0 Å². The molecule has 7 aliphatic carbocycles. The zero-order valence-corrected chi connectivity index (χ0v) is 22.5. The van der Waals surface area contributed by atoms with Crippen LogP contribution in [0.2, 0.25) is 0 Å². The van der Waals surface area contributed by atoms with Gasteiger partial charge in [0.25, 0.3) is 0 Å². The molecule has 7 aliphatic rings. The Kier molecular flexibility index (Phi) is 5.22. The normalized spacial score (nSPS) is 59.3. The average Bonchev–Trinajstić information content (AvgIpc) is 3.20. The van der Waals surface area contributed by atoms with Gasteiger partial charge in [-0.25, -0.2) is 0 Å². The van der Waals surface area contributed by atoms with Gasteiger partial charge in [0.05, 0.1) is 0 Å². The maximum Gasteiger partial charge on any atom is -0.0230 e. The predicted molar refractivity (Wildman–Crippen MR) is 139 cm³/mol. The molecule has 0 aromatic carbocycles. The van der Waals surface area contributed by atoms with Crippen LogP contribution >= 0.6 is 0 Å².